The molecule has 0 unspecified atom stereocenters. The first-order valence-electron chi connectivity index (χ1n) is 12.3. The van der Waals surface area contributed by atoms with Crippen LogP contribution in [-0.4, -0.2) is 47.1 Å². The molecule has 0 aromatic heterocycles. The van der Waals surface area contributed by atoms with Crippen molar-refractivity contribution in [2.75, 3.05) is 17.2 Å². The van der Waals surface area contributed by atoms with E-state index < -0.39 is 30.2 Å². The molecule has 1 aliphatic carbocycles. The van der Waals surface area contributed by atoms with Crippen molar-refractivity contribution >= 4 is 29.5 Å². The zero-order valence-electron chi connectivity index (χ0n) is 20.4. The Hall–Kier alpha value is -3.96. The van der Waals surface area contributed by atoms with Gasteiger partial charge in [-0.05, 0) is 73.4 Å². The van der Waals surface area contributed by atoms with Crippen LogP contribution >= 0.6 is 0 Å². The fourth-order valence-electron chi connectivity index (χ4n) is 4.77. The van der Waals surface area contributed by atoms with Gasteiger partial charge in [0.05, 0.1) is 0 Å². The van der Waals surface area contributed by atoms with Gasteiger partial charge in [-0.1, -0.05) is 12.1 Å². The molecule has 0 atom stereocenters. The van der Waals surface area contributed by atoms with Crippen molar-refractivity contribution in [1.82, 2.24) is 4.90 Å². The van der Waals surface area contributed by atoms with Crippen LogP contribution in [0, 0.1) is 5.92 Å². The fourth-order valence-corrected chi connectivity index (χ4v) is 4.77. The predicted octanol–water partition coefficient (Wildman–Crippen LogP) is 5.76. The topological polar surface area (TPSA) is 117 Å². The van der Waals surface area contributed by atoms with E-state index in [1.54, 1.807) is 23.1 Å². The van der Waals surface area contributed by atoms with E-state index in [-0.39, 0.29) is 24.1 Å². The Morgan fingerprint density at radius 1 is 0.974 bits per heavy atom. The number of hydrogen-bond donors (Lipinski definition) is 3. The fraction of sp³-hybridized carbons (Fsp3) is 0.423. The van der Waals surface area contributed by atoms with E-state index in [1.165, 1.54) is 12.1 Å². The summed E-state index contributed by atoms with van der Waals surface area (Å²) < 4.78 is 46.8. The highest BCUT2D eigenvalue weighted by molar-refractivity contribution is 5.99. The van der Waals surface area contributed by atoms with Gasteiger partial charge < -0.3 is 30.1 Å². The maximum atomic E-state index is 12.7. The van der Waals surface area contributed by atoms with Gasteiger partial charge in [0.2, 0.25) is 0 Å². The van der Waals surface area contributed by atoms with Gasteiger partial charge in [-0.15, -0.1) is 13.2 Å². The molecule has 0 spiro atoms. The molecule has 0 radical (unpaired) electrons. The average molecular weight is 536 g/mol. The molecule has 1 aliphatic heterocycles. The molecule has 2 aromatic carbocycles. The summed E-state index contributed by atoms with van der Waals surface area (Å²) in [6, 6.07) is 9.61. The molecule has 3 N–H and O–H groups in total. The first-order valence-corrected chi connectivity index (χ1v) is 12.3. The van der Waals surface area contributed by atoms with Crippen LogP contribution in [0.15, 0.2) is 42.5 Å². The number of fused-ring (bicyclic) bond motifs is 1. The molecule has 3 amide bonds. The number of ether oxygens (including phenoxy) is 2. The summed E-state index contributed by atoms with van der Waals surface area (Å²) in [6.07, 6.45) is -1.97. The summed E-state index contributed by atoms with van der Waals surface area (Å²) in [7, 11) is 0. The van der Waals surface area contributed by atoms with E-state index in [2.05, 4.69) is 15.4 Å². The van der Waals surface area contributed by atoms with Crippen molar-refractivity contribution < 1.29 is 42.1 Å². The number of nitrogens with zero attached hydrogens (tertiary/aromatic N) is 1. The number of aliphatic carboxylic acids is 1. The van der Waals surface area contributed by atoms with E-state index in [0.717, 1.165) is 36.1 Å². The number of halogens is 3. The van der Waals surface area contributed by atoms with Crippen LogP contribution in [0.1, 0.15) is 43.2 Å². The minimum Gasteiger partial charge on any atom is -0.481 e. The van der Waals surface area contributed by atoms with Gasteiger partial charge in [0, 0.05) is 37.0 Å². The summed E-state index contributed by atoms with van der Waals surface area (Å²) in [5.74, 6) is -1.12. The molecule has 1 saturated carbocycles. The number of urea groups is 1. The lowest BCUT2D eigenvalue weighted by molar-refractivity contribution is -0.274. The molecule has 1 heterocycles. The van der Waals surface area contributed by atoms with Crippen molar-refractivity contribution in [1.29, 1.82) is 0 Å². The third-order valence-corrected chi connectivity index (χ3v) is 6.58. The van der Waals surface area contributed by atoms with Crippen LogP contribution in [0.2, 0.25) is 0 Å². The summed E-state index contributed by atoms with van der Waals surface area (Å²) >= 11 is 0. The number of alkyl halides is 3. The molecular formula is C26H28F3N3O6. The van der Waals surface area contributed by atoms with Crippen molar-refractivity contribution in [3.8, 4) is 5.75 Å². The zero-order valence-corrected chi connectivity index (χ0v) is 20.4. The Labute approximate surface area is 216 Å². The normalized spacial score (nSPS) is 19.2. The van der Waals surface area contributed by atoms with Gasteiger partial charge >= 0.3 is 24.5 Å². The molecule has 1 fully saturated rings. The molecule has 204 valence electrons. The second-order valence-electron chi connectivity index (χ2n) is 9.43. The largest absolute Gasteiger partial charge is 0.573 e. The molecule has 4 rings (SSSR count). The number of carboxylic acids is 1. The number of carboxylic acid groups (broad SMARTS) is 1. The molecule has 2 aliphatic rings. The van der Waals surface area contributed by atoms with Crippen LogP contribution in [0.3, 0.4) is 0 Å². The van der Waals surface area contributed by atoms with Gasteiger partial charge in [-0.2, -0.15) is 0 Å². The maximum Gasteiger partial charge on any atom is 0.573 e. The lowest BCUT2D eigenvalue weighted by atomic mass is 9.85. The Balaban J connectivity index is 1.27. The zero-order chi connectivity index (χ0) is 27.3. The number of hydrogen-bond acceptors (Lipinski definition) is 5. The van der Waals surface area contributed by atoms with E-state index in [1.807, 2.05) is 0 Å². The van der Waals surface area contributed by atoms with Crippen molar-refractivity contribution in [2.24, 2.45) is 5.92 Å². The van der Waals surface area contributed by atoms with Crippen LogP contribution in [-0.2, 0) is 22.5 Å². The first-order chi connectivity index (χ1) is 18.0. The Bertz CT molecular complexity index is 1180. The highest BCUT2D eigenvalue weighted by Gasteiger charge is 2.31. The number of anilines is 2. The Morgan fingerprint density at radius 2 is 1.68 bits per heavy atom. The highest BCUT2D eigenvalue weighted by Crippen LogP contribution is 2.30. The number of rotatable bonds is 6. The predicted molar refractivity (Wildman–Crippen MR) is 131 cm³/mol. The number of nitrogens with one attached hydrogen (secondary N) is 2. The van der Waals surface area contributed by atoms with E-state index in [9.17, 15) is 27.6 Å². The number of carbonyl (C=O) groups excluding carboxylic acids is 2. The second-order valence-corrected chi connectivity index (χ2v) is 9.43. The quantitative estimate of drug-likeness (QED) is 0.433. The van der Waals surface area contributed by atoms with Gasteiger partial charge in [0.1, 0.15) is 11.9 Å². The molecular weight excluding hydrogens is 507 g/mol. The summed E-state index contributed by atoms with van der Waals surface area (Å²) in [5, 5.41) is 14.1. The smallest absolute Gasteiger partial charge is 0.481 e. The second kappa shape index (κ2) is 11.6. The summed E-state index contributed by atoms with van der Waals surface area (Å²) in [6.45, 7) is 0.808. The van der Waals surface area contributed by atoms with Gasteiger partial charge in [0.25, 0.3) is 0 Å². The minimum atomic E-state index is -4.83. The van der Waals surface area contributed by atoms with Crippen LogP contribution in [0.4, 0.5) is 34.1 Å². The van der Waals surface area contributed by atoms with E-state index in [0.29, 0.717) is 38.0 Å². The summed E-state index contributed by atoms with van der Waals surface area (Å²) in [4.78, 5) is 37.6. The molecule has 0 bridgehead atoms. The third-order valence-electron chi connectivity index (χ3n) is 6.58. The Morgan fingerprint density at radius 3 is 2.37 bits per heavy atom. The lowest BCUT2D eigenvalue weighted by Crippen LogP contribution is -2.39. The molecule has 9 nitrogen and oxygen atoms in total. The molecule has 12 heteroatoms. The highest BCUT2D eigenvalue weighted by atomic mass is 19.4. The van der Waals surface area contributed by atoms with E-state index >= 15 is 0 Å². The average Bonchev–Trinajstić information content (AvgIpc) is 2.83. The van der Waals surface area contributed by atoms with Gasteiger partial charge in [0.15, 0.2) is 0 Å². The molecule has 38 heavy (non-hydrogen) atoms. The first kappa shape index (κ1) is 27.1. The maximum absolute atomic E-state index is 12.7. The number of benzene rings is 2. The standard InChI is InChI=1S/C26H28F3N3O6/c27-26(28,29)38-22-3-1-2-19(14-22)30-24(35)31-20-7-6-18-15-32(11-10-17(18)13-20)25(36)37-21-8-4-16(5-9-21)12-23(33)34/h1-3,6-7,13-14,16,21H,4-5,8-12,15H2,(H,33,34)(H2,30,31,35). The van der Waals surface area contributed by atoms with E-state index in [4.69, 9.17) is 9.84 Å². The van der Waals surface area contributed by atoms with Gasteiger partial charge in [-0.3, -0.25) is 4.79 Å². The SMILES string of the molecule is O=C(O)CC1CCC(OC(=O)N2CCc3cc(NC(=O)Nc4cccc(OC(F)(F)F)c4)ccc3C2)CC1. The van der Waals surface area contributed by atoms with Crippen molar-refractivity contribution in [3.05, 3.63) is 53.6 Å². The molecule has 0 saturated heterocycles. The summed E-state index contributed by atoms with van der Waals surface area (Å²) in [5.41, 5.74) is 2.51. The lowest BCUT2D eigenvalue weighted by Gasteiger charge is -2.32. The monoisotopic (exact) mass is 535 g/mol. The Kier molecular flexibility index (Phi) is 8.28. The third kappa shape index (κ3) is 7.77. The van der Waals surface area contributed by atoms with Crippen LogP contribution < -0.4 is 15.4 Å². The molecule has 2 aromatic rings. The number of amides is 3. The van der Waals surface area contributed by atoms with Gasteiger partial charge in [-0.25, -0.2) is 9.59 Å². The van der Waals surface area contributed by atoms with Crippen molar-refractivity contribution in [2.45, 2.75) is 57.5 Å². The van der Waals surface area contributed by atoms with Crippen molar-refractivity contribution in [3.63, 3.8) is 0 Å². The minimum absolute atomic E-state index is 0.128. The number of carbonyl (C=O) groups is 3. The van der Waals surface area contributed by atoms with Crippen LogP contribution in [0.5, 0.6) is 5.75 Å². The van der Waals surface area contributed by atoms with Crippen LogP contribution in [0.25, 0.3) is 0 Å².